The van der Waals surface area contributed by atoms with Crippen molar-refractivity contribution in [2.24, 2.45) is 0 Å². The quantitative estimate of drug-likeness (QED) is 0.334. The molecule has 0 spiro atoms. The van der Waals surface area contributed by atoms with Gasteiger partial charge in [-0.05, 0) is 59.4 Å². The van der Waals surface area contributed by atoms with E-state index in [2.05, 4.69) is 101 Å². The lowest BCUT2D eigenvalue weighted by Gasteiger charge is -2.35. The molecule has 0 unspecified atom stereocenters. The van der Waals surface area contributed by atoms with Crippen LogP contribution in [0.5, 0.6) is 5.75 Å². The average Bonchev–Trinajstić information content (AvgIpc) is 2.72. The molecule has 0 saturated carbocycles. The Labute approximate surface area is 178 Å². The third-order valence-corrected chi connectivity index (χ3v) is 6.07. The number of hydrogen-bond donors (Lipinski definition) is 0. The summed E-state index contributed by atoms with van der Waals surface area (Å²) in [5, 5.41) is 2.53. The van der Waals surface area contributed by atoms with Crippen molar-refractivity contribution < 1.29 is 4.74 Å². The van der Waals surface area contributed by atoms with E-state index in [4.69, 9.17) is 9.72 Å². The highest BCUT2D eigenvalue weighted by Gasteiger charge is 2.34. The largest absolute Gasteiger partial charge is 0.480 e. The van der Waals surface area contributed by atoms with E-state index >= 15 is 0 Å². The second-order valence-electron chi connectivity index (χ2n) is 9.69. The van der Waals surface area contributed by atoms with E-state index in [9.17, 15) is 0 Å². The Kier molecular flexibility index (Phi) is 4.05. The van der Waals surface area contributed by atoms with Gasteiger partial charge in [0.2, 0.25) is 0 Å². The molecule has 0 radical (unpaired) electrons. The fourth-order valence-electron chi connectivity index (χ4n) is 4.59. The number of fused-ring (bicyclic) bond motifs is 4. The monoisotopic (exact) mass is 393 g/mol. The maximum absolute atomic E-state index is 6.61. The smallest absolute Gasteiger partial charge is 0.154 e. The SMILES string of the molecule is CC(C)(C)c1cc(-c2nccc3c2OC(C)(C)c2ccccc2-3)cc2ccccc12. The summed E-state index contributed by atoms with van der Waals surface area (Å²) in [6, 6.07) is 23.7. The van der Waals surface area contributed by atoms with Gasteiger partial charge in [0.25, 0.3) is 0 Å². The molecule has 0 saturated heterocycles. The molecule has 1 aliphatic heterocycles. The fraction of sp³-hybridized carbons (Fsp3) is 0.250. The van der Waals surface area contributed by atoms with Crippen molar-refractivity contribution in [1.29, 1.82) is 0 Å². The number of ether oxygens (including phenoxy) is 1. The van der Waals surface area contributed by atoms with Crippen LogP contribution in [0.4, 0.5) is 0 Å². The van der Waals surface area contributed by atoms with E-state index in [-0.39, 0.29) is 5.41 Å². The summed E-state index contributed by atoms with van der Waals surface area (Å²) in [6.07, 6.45) is 1.90. The van der Waals surface area contributed by atoms with Crippen LogP contribution in [0.2, 0.25) is 0 Å². The molecule has 0 N–H and O–H groups in total. The predicted molar refractivity (Wildman–Crippen MR) is 125 cm³/mol. The molecule has 30 heavy (non-hydrogen) atoms. The van der Waals surface area contributed by atoms with E-state index in [0.29, 0.717) is 0 Å². The summed E-state index contributed by atoms with van der Waals surface area (Å²) in [4.78, 5) is 4.81. The molecule has 0 fully saturated rings. The Hall–Kier alpha value is -3.13. The molecule has 2 heteroatoms. The summed E-state index contributed by atoms with van der Waals surface area (Å²) in [5.41, 5.74) is 6.50. The molecule has 0 amide bonds. The number of rotatable bonds is 1. The molecule has 4 aromatic rings. The molecule has 1 aliphatic rings. The summed E-state index contributed by atoms with van der Waals surface area (Å²) in [7, 11) is 0. The van der Waals surface area contributed by atoms with Gasteiger partial charge < -0.3 is 4.74 Å². The normalized spacial score (nSPS) is 14.7. The maximum atomic E-state index is 6.61. The third kappa shape index (κ3) is 2.90. The first kappa shape index (κ1) is 18.9. The Morgan fingerprint density at radius 3 is 2.37 bits per heavy atom. The van der Waals surface area contributed by atoms with Gasteiger partial charge in [0.1, 0.15) is 11.3 Å². The van der Waals surface area contributed by atoms with Crippen molar-refractivity contribution >= 4 is 10.8 Å². The van der Waals surface area contributed by atoms with Gasteiger partial charge in [0.05, 0.1) is 0 Å². The van der Waals surface area contributed by atoms with Gasteiger partial charge in [0.15, 0.2) is 5.75 Å². The van der Waals surface area contributed by atoms with Crippen LogP contribution in [0, 0.1) is 0 Å². The Balaban J connectivity index is 1.80. The van der Waals surface area contributed by atoms with Crippen LogP contribution in [0.3, 0.4) is 0 Å². The third-order valence-electron chi connectivity index (χ3n) is 6.07. The first-order chi connectivity index (χ1) is 14.3. The van der Waals surface area contributed by atoms with Crippen LogP contribution in [-0.4, -0.2) is 4.98 Å². The van der Waals surface area contributed by atoms with Gasteiger partial charge in [-0.15, -0.1) is 0 Å². The van der Waals surface area contributed by atoms with Gasteiger partial charge in [0, 0.05) is 22.9 Å². The Morgan fingerprint density at radius 1 is 0.833 bits per heavy atom. The van der Waals surface area contributed by atoms with E-state index in [0.717, 1.165) is 22.6 Å². The molecule has 0 atom stereocenters. The molecular formula is C28H27NO. The van der Waals surface area contributed by atoms with Gasteiger partial charge >= 0.3 is 0 Å². The number of hydrogen-bond acceptors (Lipinski definition) is 2. The van der Waals surface area contributed by atoms with Crippen molar-refractivity contribution in [3.8, 4) is 28.1 Å². The second-order valence-corrected chi connectivity index (χ2v) is 9.69. The summed E-state index contributed by atoms with van der Waals surface area (Å²) in [5.74, 6) is 0.872. The van der Waals surface area contributed by atoms with E-state index < -0.39 is 5.60 Å². The van der Waals surface area contributed by atoms with Gasteiger partial charge in [-0.1, -0.05) is 69.3 Å². The molecule has 0 bridgehead atoms. The van der Waals surface area contributed by atoms with Crippen LogP contribution in [0.15, 0.2) is 72.9 Å². The fourth-order valence-corrected chi connectivity index (χ4v) is 4.59. The zero-order valence-corrected chi connectivity index (χ0v) is 18.3. The first-order valence-corrected chi connectivity index (χ1v) is 10.6. The Morgan fingerprint density at radius 2 is 1.57 bits per heavy atom. The molecule has 3 aromatic carbocycles. The molecule has 5 rings (SSSR count). The standard InChI is InChI=1S/C28H27NO/c1-27(2,3)24-17-19(16-18-10-6-7-11-20(18)24)25-26-22(14-15-29-25)21-12-8-9-13-23(21)28(4,5)30-26/h6-17H,1-5H3. The van der Waals surface area contributed by atoms with Crippen LogP contribution < -0.4 is 4.74 Å². The van der Waals surface area contributed by atoms with Crippen molar-refractivity contribution in [1.82, 2.24) is 4.98 Å². The van der Waals surface area contributed by atoms with Crippen LogP contribution in [0.25, 0.3) is 33.2 Å². The molecule has 2 nitrogen and oxygen atoms in total. The lowest BCUT2D eigenvalue weighted by Crippen LogP contribution is -2.29. The molecule has 2 heterocycles. The topological polar surface area (TPSA) is 22.1 Å². The van der Waals surface area contributed by atoms with E-state index in [1.165, 1.54) is 27.5 Å². The summed E-state index contributed by atoms with van der Waals surface area (Å²) >= 11 is 0. The number of nitrogens with zero attached hydrogens (tertiary/aromatic N) is 1. The molecular weight excluding hydrogens is 366 g/mol. The van der Waals surface area contributed by atoms with Gasteiger partial charge in [-0.25, -0.2) is 0 Å². The van der Waals surface area contributed by atoms with Crippen LogP contribution in [-0.2, 0) is 11.0 Å². The minimum Gasteiger partial charge on any atom is -0.480 e. The zero-order chi connectivity index (χ0) is 21.1. The van der Waals surface area contributed by atoms with Crippen LogP contribution in [0.1, 0.15) is 45.7 Å². The van der Waals surface area contributed by atoms with Crippen molar-refractivity contribution in [3.63, 3.8) is 0 Å². The summed E-state index contributed by atoms with van der Waals surface area (Å²) < 4.78 is 6.61. The van der Waals surface area contributed by atoms with Gasteiger partial charge in [-0.3, -0.25) is 4.98 Å². The van der Waals surface area contributed by atoms with Crippen molar-refractivity contribution in [3.05, 3.63) is 84.1 Å². The van der Waals surface area contributed by atoms with E-state index in [1.807, 2.05) is 6.20 Å². The van der Waals surface area contributed by atoms with E-state index in [1.54, 1.807) is 0 Å². The average molecular weight is 394 g/mol. The lowest BCUT2D eigenvalue weighted by atomic mass is 9.81. The Bertz CT molecular complexity index is 1280. The number of benzene rings is 3. The van der Waals surface area contributed by atoms with Crippen molar-refractivity contribution in [2.75, 3.05) is 0 Å². The molecule has 1 aromatic heterocycles. The highest BCUT2D eigenvalue weighted by Crippen LogP contribution is 2.49. The minimum absolute atomic E-state index is 0.0250. The van der Waals surface area contributed by atoms with Crippen molar-refractivity contribution in [2.45, 2.75) is 45.6 Å². The lowest BCUT2D eigenvalue weighted by molar-refractivity contribution is 0.106. The maximum Gasteiger partial charge on any atom is 0.154 e. The first-order valence-electron chi connectivity index (χ1n) is 10.6. The molecule has 0 aliphatic carbocycles. The second kappa shape index (κ2) is 6.43. The van der Waals surface area contributed by atoms with Crippen LogP contribution >= 0.6 is 0 Å². The highest BCUT2D eigenvalue weighted by atomic mass is 16.5. The van der Waals surface area contributed by atoms with Gasteiger partial charge in [-0.2, -0.15) is 0 Å². The number of aromatic nitrogens is 1. The molecule has 150 valence electrons. The zero-order valence-electron chi connectivity index (χ0n) is 18.3. The number of pyridine rings is 1. The minimum atomic E-state index is -0.412. The highest BCUT2D eigenvalue weighted by molar-refractivity contribution is 5.93. The summed E-state index contributed by atoms with van der Waals surface area (Å²) in [6.45, 7) is 11.1. The predicted octanol–water partition coefficient (Wildman–Crippen LogP) is 7.49.